The molecule has 1 N–H and O–H groups in total. The summed E-state index contributed by atoms with van der Waals surface area (Å²) in [7, 11) is 1.38. The monoisotopic (exact) mass is 434 g/mol. The average Bonchev–Trinajstić information content (AvgIpc) is 2.88. The summed E-state index contributed by atoms with van der Waals surface area (Å²) in [6.07, 6.45) is 2.82. The van der Waals surface area contributed by atoms with Crippen molar-refractivity contribution in [3.05, 3.63) is 75.1 Å². The molecule has 0 amide bonds. The van der Waals surface area contributed by atoms with E-state index >= 15 is 0 Å². The molecule has 1 aliphatic carbocycles. The van der Waals surface area contributed by atoms with E-state index in [9.17, 15) is 18.0 Å². The number of aldehydes is 1. The van der Waals surface area contributed by atoms with Crippen LogP contribution >= 0.6 is 11.8 Å². The van der Waals surface area contributed by atoms with Crippen LogP contribution in [0.5, 0.6) is 5.75 Å². The molecule has 0 unspecified atom stereocenters. The normalized spacial score (nSPS) is 14.5. The van der Waals surface area contributed by atoms with Gasteiger partial charge in [-0.1, -0.05) is 17.8 Å². The molecule has 9 heteroatoms. The molecule has 0 atom stereocenters. The third-order valence-corrected chi connectivity index (χ3v) is 4.60. The summed E-state index contributed by atoms with van der Waals surface area (Å²) in [5.74, 6) is 0.359. The van der Waals surface area contributed by atoms with Gasteiger partial charge in [-0.15, -0.1) is 0 Å². The van der Waals surface area contributed by atoms with Gasteiger partial charge in [0.05, 0.1) is 28.7 Å². The number of methoxy groups -OCH3 is 1. The molecule has 30 heavy (non-hydrogen) atoms. The third kappa shape index (κ3) is 5.64. The van der Waals surface area contributed by atoms with Gasteiger partial charge >= 0.3 is 6.18 Å². The Labute approximate surface area is 175 Å². The number of aryl methyl sites for hydroxylation is 1. The van der Waals surface area contributed by atoms with Gasteiger partial charge < -0.3 is 14.9 Å². The number of thioether (sulfide) groups is 1. The molecule has 0 heterocycles. The summed E-state index contributed by atoms with van der Waals surface area (Å²) < 4.78 is 51.0. The molecule has 0 fully saturated rings. The van der Waals surface area contributed by atoms with Crippen LogP contribution in [0.2, 0.25) is 0 Å². The van der Waals surface area contributed by atoms with Crippen molar-refractivity contribution in [2.24, 2.45) is 0 Å². The number of nitriles is 1. The van der Waals surface area contributed by atoms with Crippen molar-refractivity contribution >= 4 is 23.6 Å². The fourth-order valence-electron chi connectivity index (χ4n) is 2.68. The van der Waals surface area contributed by atoms with E-state index in [0.29, 0.717) is 23.2 Å². The molecule has 0 saturated carbocycles. The van der Waals surface area contributed by atoms with Gasteiger partial charge in [0.2, 0.25) is 0 Å². The van der Waals surface area contributed by atoms with E-state index in [1.807, 2.05) is 0 Å². The number of halogens is 3. The predicted molar refractivity (Wildman–Crippen MR) is 108 cm³/mol. The molecule has 0 aliphatic heterocycles. The fraction of sp³-hybridized carbons (Fsp3) is 0.190. The highest BCUT2D eigenvalue weighted by Crippen LogP contribution is 2.37. The Balaban J connectivity index is 2.40. The molecular weight excluding hydrogens is 417 g/mol. The van der Waals surface area contributed by atoms with E-state index in [4.69, 9.17) is 20.1 Å². The Morgan fingerprint density at radius 1 is 1.30 bits per heavy atom. The number of carbonyl (C=O) groups is 1. The van der Waals surface area contributed by atoms with Gasteiger partial charge in [-0.3, -0.25) is 4.79 Å². The molecule has 0 bridgehead atoms. The van der Waals surface area contributed by atoms with Crippen LogP contribution in [-0.4, -0.2) is 18.9 Å². The third-order valence-electron chi connectivity index (χ3n) is 3.99. The van der Waals surface area contributed by atoms with E-state index in [0.717, 1.165) is 23.4 Å². The van der Waals surface area contributed by atoms with Crippen molar-refractivity contribution < 1.29 is 27.4 Å². The van der Waals surface area contributed by atoms with Crippen molar-refractivity contribution in [3.8, 4) is 11.8 Å². The second-order valence-electron chi connectivity index (χ2n) is 6.00. The maximum absolute atomic E-state index is 13.3. The number of rotatable bonds is 7. The average molecular weight is 434 g/mol. The lowest BCUT2D eigenvalue weighted by Gasteiger charge is -2.16. The summed E-state index contributed by atoms with van der Waals surface area (Å²) in [5, 5.41) is 16.2. The van der Waals surface area contributed by atoms with E-state index < -0.39 is 17.3 Å². The smallest absolute Gasteiger partial charge is 0.417 e. The Morgan fingerprint density at radius 2 is 2.03 bits per heavy atom. The summed E-state index contributed by atoms with van der Waals surface area (Å²) >= 11 is 0.941. The number of allylic oxidation sites excluding steroid dienone is 6. The van der Waals surface area contributed by atoms with Crippen LogP contribution in [0.25, 0.3) is 0 Å². The van der Waals surface area contributed by atoms with Crippen molar-refractivity contribution in [1.82, 2.24) is 0 Å². The molecule has 1 aromatic rings. The molecule has 0 aromatic heterocycles. The number of nitrogens with zero attached hydrogens (tertiary/aromatic N) is 1. The van der Waals surface area contributed by atoms with E-state index in [1.54, 1.807) is 30.4 Å². The second-order valence-corrected chi connectivity index (χ2v) is 6.94. The van der Waals surface area contributed by atoms with Crippen molar-refractivity contribution in [1.29, 1.82) is 10.7 Å². The van der Waals surface area contributed by atoms with E-state index in [-0.39, 0.29) is 22.8 Å². The zero-order chi connectivity index (χ0) is 22.3. The van der Waals surface area contributed by atoms with Crippen molar-refractivity contribution in [2.75, 3.05) is 7.11 Å². The molecule has 0 radical (unpaired) electrons. The lowest BCUT2D eigenvalue weighted by Crippen LogP contribution is -2.10. The Kier molecular flexibility index (Phi) is 7.66. The largest absolute Gasteiger partial charge is 0.493 e. The standard InChI is InChI=1S/C21H17F3N2O3S/c1-13-6-15(9-18(17(13)10-25)21(22,23)24)29-19-5-3-4-14(8-20(19)28-2)7-16(11-27)30-12-26/h4-9,11-12,26H,3H2,1-2H3/b16-7-,26-12?. The number of hydrogen-bond donors (Lipinski definition) is 1. The number of alkyl halides is 3. The van der Waals surface area contributed by atoms with Crippen LogP contribution in [0.4, 0.5) is 13.2 Å². The van der Waals surface area contributed by atoms with Gasteiger partial charge in [0.1, 0.15) is 11.8 Å². The van der Waals surface area contributed by atoms with Gasteiger partial charge in [0.15, 0.2) is 17.8 Å². The number of nitrogens with one attached hydrogen (secondary N) is 1. The Bertz CT molecular complexity index is 1020. The quantitative estimate of drug-likeness (QED) is 0.268. The lowest BCUT2D eigenvalue weighted by molar-refractivity contribution is -0.137. The van der Waals surface area contributed by atoms with Crippen LogP contribution < -0.4 is 4.74 Å². The van der Waals surface area contributed by atoms with Gasteiger partial charge in [-0.25, -0.2) is 0 Å². The van der Waals surface area contributed by atoms with E-state index in [1.165, 1.54) is 20.1 Å². The van der Waals surface area contributed by atoms with Gasteiger partial charge in [-0.05, 0) is 54.8 Å². The maximum Gasteiger partial charge on any atom is 0.417 e. The van der Waals surface area contributed by atoms with E-state index in [2.05, 4.69) is 0 Å². The first kappa shape index (κ1) is 23.0. The predicted octanol–water partition coefficient (Wildman–Crippen LogP) is 5.43. The molecule has 0 spiro atoms. The minimum Gasteiger partial charge on any atom is -0.493 e. The molecule has 5 nitrogen and oxygen atoms in total. The minimum absolute atomic E-state index is 0.0834. The number of carbonyl (C=O) groups excluding carboxylic acids is 1. The van der Waals surface area contributed by atoms with Gasteiger partial charge in [-0.2, -0.15) is 18.4 Å². The number of hydrogen-bond acceptors (Lipinski definition) is 6. The molecule has 0 saturated heterocycles. The zero-order valence-corrected chi connectivity index (χ0v) is 16.9. The number of ether oxygens (including phenoxy) is 2. The van der Waals surface area contributed by atoms with Crippen LogP contribution in [-0.2, 0) is 15.7 Å². The van der Waals surface area contributed by atoms with Gasteiger partial charge in [0.25, 0.3) is 0 Å². The highest BCUT2D eigenvalue weighted by molar-refractivity contribution is 8.16. The summed E-state index contributed by atoms with van der Waals surface area (Å²) in [6.45, 7) is 1.40. The molecule has 1 aliphatic rings. The number of benzene rings is 1. The molecular formula is C21H17F3N2O3S. The van der Waals surface area contributed by atoms with Gasteiger partial charge in [0, 0.05) is 0 Å². The first-order valence-electron chi connectivity index (χ1n) is 8.52. The summed E-state index contributed by atoms with van der Waals surface area (Å²) in [6, 6.07) is 3.72. The zero-order valence-electron chi connectivity index (χ0n) is 16.0. The van der Waals surface area contributed by atoms with Crippen LogP contribution in [0, 0.1) is 23.7 Å². The Hall–Kier alpha value is -3.25. The topological polar surface area (TPSA) is 83.2 Å². The minimum atomic E-state index is -4.70. The SMILES string of the molecule is COC1=CC(/C=C(/C=O)SC=N)=CCC=C1Oc1cc(C)c(C#N)c(C(F)(F)F)c1. The molecule has 1 aromatic carbocycles. The first-order chi connectivity index (χ1) is 14.2. The Morgan fingerprint density at radius 3 is 2.60 bits per heavy atom. The summed E-state index contributed by atoms with van der Waals surface area (Å²) in [5.41, 5.74) is 0.256. The first-order valence-corrected chi connectivity index (χ1v) is 9.40. The van der Waals surface area contributed by atoms with Crippen LogP contribution in [0.3, 0.4) is 0 Å². The van der Waals surface area contributed by atoms with Crippen LogP contribution in [0.15, 0.2) is 58.4 Å². The highest BCUT2D eigenvalue weighted by atomic mass is 32.2. The lowest BCUT2D eigenvalue weighted by atomic mass is 10.0. The highest BCUT2D eigenvalue weighted by Gasteiger charge is 2.35. The van der Waals surface area contributed by atoms with Crippen molar-refractivity contribution in [2.45, 2.75) is 19.5 Å². The van der Waals surface area contributed by atoms with Crippen LogP contribution in [0.1, 0.15) is 23.1 Å². The fourth-order valence-corrected chi connectivity index (χ4v) is 3.07. The molecule has 2 rings (SSSR count). The summed E-state index contributed by atoms with van der Waals surface area (Å²) in [4.78, 5) is 11.4. The maximum atomic E-state index is 13.3. The second kappa shape index (κ2) is 9.98. The van der Waals surface area contributed by atoms with Crippen molar-refractivity contribution in [3.63, 3.8) is 0 Å². The molecule has 156 valence electrons.